The van der Waals surface area contributed by atoms with Crippen LogP contribution in [-0.4, -0.2) is 30.9 Å². The second kappa shape index (κ2) is 11.2. The van der Waals surface area contributed by atoms with E-state index in [1.54, 1.807) is 32.0 Å². The summed E-state index contributed by atoms with van der Waals surface area (Å²) in [6.07, 6.45) is 1.61. The molecule has 8 heteroatoms. The third-order valence-electron chi connectivity index (χ3n) is 6.56. The summed E-state index contributed by atoms with van der Waals surface area (Å²) in [5, 5.41) is 5.25. The Kier molecular flexibility index (Phi) is 8.04. The first-order chi connectivity index (χ1) is 17.4. The van der Waals surface area contributed by atoms with E-state index in [9.17, 15) is 14.4 Å². The molecule has 2 heterocycles. The number of benzene rings is 1. The number of allylic oxidation sites excluding steroid dienone is 3. The van der Waals surface area contributed by atoms with Crippen LogP contribution >= 0.6 is 11.3 Å². The average Bonchev–Trinajstić information content (AvgIpc) is 3.39. The monoisotopic (exact) mass is 511 g/mol. The Bertz CT molecular complexity index is 1220. The van der Waals surface area contributed by atoms with Gasteiger partial charge in [-0.15, -0.1) is 11.3 Å². The molecule has 4 rings (SSSR count). The second-order valence-corrected chi connectivity index (χ2v) is 9.73. The van der Waals surface area contributed by atoms with Gasteiger partial charge in [-0.1, -0.05) is 37.6 Å². The van der Waals surface area contributed by atoms with Crippen molar-refractivity contribution >= 4 is 29.1 Å². The highest BCUT2D eigenvalue weighted by molar-refractivity contribution is 7.10. The highest BCUT2D eigenvalue weighted by atomic mass is 32.1. The molecule has 2 aromatic rings. The molecule has 1 aromatic carbocycles. The molecule has 0 saturated carbocycles. The number of esters is 2. The maximum Gasteiger partial charge on any atom is 0.336 e. The van der Waals surface area contributed by atoms with Crippen LogP contribution in [0.3, 0.4) is 0 Å². The van der Waals surface area contributed by atoms with Gasteiger partial charge in [0.05, 0.1) is 24.7 Å². The normalized spacial score (nSPS) is 21.7. The minimum absolute atomic E-state index is 0.134. The number of rotatable bonds is 8. The summed E-state index contributed by atoms with van der Waals surface area (Å²) < 4.78 is 25.9. The maximum absolute atomic E-state index is 15.3. The molecule has 0 amide bonds. The Balaban J connectivity index is 1.94. The van der Waals surface area contributed by atoms with Gasteiger partial charge < -0.3 is 14.8 Å². The third kappa shape index (κ3) is 4.74. The summed E-state index contributed by atoms with van der Waals surface area (Å²) in [4.78, 5) is 41.5. The van der Waals surface area contributed by atoms with E-state index in [0.29, 0.717) is 24.2 Å². The van der Waals surface area contributed by atoms with Crippen molar-refractivity contribution in [3.05, 3.63) is 80.6 Å². The number of hydrogen-bond donors (Lipinski definition) is 1. The average molecular weight is 512 g/mol. The molecule has 0 spiro atoms. The third-order valence-corrected chi connectivity index (χ3v) is 7.57. The lowest BCUT2D eigenvalue weighted by Crippen LogP contribution is -2.43. The molecular weight excluding hydrogens is 481 g/mol. The molecule has 2 aliphatic rings. The fraction of sp³-hybridized carbons (Fsp3) is 0.393. The number of carbonyl (C=O) groups is 3. The van der Waals surface area contributed by atoms with Crippen molar-refractivity contribution in [2.24, 2.45) is 5.92 Å². The Morgan fingerprint density at radius 3 is 2.47 bits per heavy atom. The first-order valence-electron chi connectivity index (χ1n) is 12.3. The van der Waals surface area contributed by atoms with Crippen molar-refractivity contribution in [1.29, 1.82) is 0 Å². The molecule has 0 fully saturated rings. The number of thiophene rings is 1. The zero-order valence-electron chi connectivity index (χ0n) is 20.6. The van der Waals surface area contributed by atoms with E-state index < -0.39 is 41.3 Å². The number of ketones is 1. The van der Waals surface area contributed by atoms with E-state index >= 15 is 4.39 Å². The van der Waals surface area contributed by atoms with Gasteiger partial charge in [0.2, 0.25) is 0 Å². The van der Waals surface area contributed by atoms with Crippen molar-refractivity contribution in [3.63, 3.8) is 0 Å². The van der Waals surface area contributed by atoms with Crippen molar-refractivity contribution in [2.75, 3.05) is 13.2 Å². The van der Waals surface area contributed by atoms with Crippen molar-refractivity contribution < 1.29 is 28.2 Å². The molecular formula is C28H30FNO5S. The second-order valence-electron chi connectivity index (χ2n) is 8.75. The first kappa shape index (κ1) is 25.8. The Morgan fingerprint density at radius 2 is 1.83 bits per heavy atom. The van der Waals surface area contributed by atoms with Gasteiger partial charge in [-0.05, 0) is 44.2 Å². The fourth-order valence-electron chi connectivity index (χ4n) is 5.14. The predicted octanol–water partition coefficient (Wildman–Crippen LogP) is 5.38. The number of ether oxygens (including phenoxy) is 2. The van der Waals surface area contributed by atoms with Gasteiger partial charge in [-0.3, -0.25) is 9.59 Å². The smallest absolute Gasteiger partial charge is 0.336 e. The summed E-state index contributed by atoms with van der Waals surface area (Å²) in [6, 6.07) is 9.92. The van der Waals surface area contributed by atoms with Gasteiger partial charge in [-0.2, -0.15) is 0 Å². The highest BCUT2D eigenvalue weighted by Gasteiger charge is 2.50. The largest absolute Gasteiger partial charge is 0.465 e. The molecule has 6 nitrogen and oxygen atoms in total. The van der Waals surface area contributed by atoms with Crippen molar-refractivity contribution in [1.82, 2.24) is 5.32 Å². The van der Waals surface area contributed by atoms with Crippen LogP contribution in [0.5, 0.6) is 0 Å². The lowest BCUT2D eigenvalue weighted by atomic mass is 9.68. The minimum atomic E-state index is -1.09. The minimum Gasteiger partial charge on any atom is -0.465 e. The molecule has 36 heavy (non-hydrogen) atoms. The van der Waals surface area contributed by atoms with Crippen LogP contribution in [0.4, 0.5) is 4.39 Å². The van der Waals surface area contributed by atoms with Crippen LogP contribution in [0.15, 0.2) is 64.3 Å². The van der Waals surface area contributed by atoms with Gasteiger partial charge in [0.1, 0.15) is 11.7 Å². The quantitative estimate of drug-likeness (QED) is 0.379. The van der Waals surface area contributed by atoms with Crippen LogP contribution in [0.1, 0.15) is 62.3 Å². The summed E-state index contributed by atoms with van der Waals surface area (Å²) >= 11 is 1.48. The number of dihydropyridines is 1. The molecule has 190 valence electrons. The maximum atomic E-state index is 15.3. The van der Waals surface area contributed by atoms with Gasteiger partial charge in [0.25, 0.3) is 0 Å². The summed E-state index contributed by atoms with van der Waals surface area (Å²) in [6.45, 7) is 5.65. The number of hydrogen-bond acceptors (Lipinski definition) is 7. The summed E-state index contributed by atoms with van der Waals surface area (Å²) in [7, 11) is 0. The molecule has 1 aliphatic carbocycles. The zero-order chi connectivity index (χ0) is 25.8. The van der Waals surface area contributed by atoms with Gasteiger partial charge >= 0.3 is 11.9 Å². The van der Waals surface area contributed by atoms with Crippen molar-refractivity contribution in [2.45, 2.75) is 51.9 Å². The number of Topliss-reactive ketones (excluding diaryl/α,β-unsaturated/α-hetero) is 1. The van der Waals surface area contributed by atoms with E-state index in [-0.39, 0.29) is 29.9 Å². The van der Waals surface area contributed by atoms with E-state index in [0.717, 1.165) is 11.3 Å². The first-order valence-corrected chi connectivity index (χ1v) is 13.2. The van der Waals surface area contributed by atoms with Crippen LogP contribution in [0.25, 0.3) is 0 Å². The molecule has 0 saturated heterocycles. The predicted molar refractivity (Wildman–Crippen MR) is 135 cm³/mol. The summed E-state index contributed by atoms with van der Waals surface area (Å²) in [5.74, 6) is -4.70. The van der Waals surface area contributed by atoms with Crippen LogP contribution < -0.4 is 5.32 Å². The topological polar surface area (TPSA) is 81.7 Å². The molecule has 0 bridgehead atoms. The van der Waals surface area contributed by atoms with E-state index in [4.69, 9.17) is 9.47 Å². The van der Waals surface area contributed by atoms with E-state index in [2.05, 4.69) is 5.32 Å². The van der Waals surface area contributed by atoms with Crippen LogP contribution in [0, 0.1) is 11.7 Å². The van der Waals surface area contributed by atoms with E-state index in [1.165, 1.54) is 17.4 Å². The highest BCUT2D eigenvalue weighted by Crippen LogP contribution is 2.49. The Labute approximate surface area is 214 Å². The SMILES string of the molecule is CCCC1=C(C(=O)OCC)[C@@H](c2ccccc2F)C2=C(C[C@@H](c3cccs3)[C@@H](C(=O)OCC)C2=O)N1. The number of nitrogens with one attached hydrogen (secondary N) is 1. The molecule has 3 atom stereocenters. The Morgan fingerprint density at radius 1 is 1.08 bits per heavy atom. The van der Waals surface area contributed by atoms with Gasteiger partial charge in [-0.25, -0.2) is 9.18 Å². The summed E-state index contributed by atoms with van der Waals surface area (Å²) in [5.41, 5.74) is 1.88. The molecule has 1 aliphatic heterocycles. The lowest BCUT2D eigenvalue weighted by molar-refractivity contribution is -0.152. The lowest BCUT2D eigenvalue weighted by Gasteiger charge is -2.39. The zero-order valence-corrected chi connectivity index (χ0v) is 21.5. The Hall–Kier alpha value is -3.26. The van der Waals surface area contributed by atoms with Crippen LogP contribution in [-0.2, 0) is 23.9 Å². The number of halogens is 1. The molecule has 1 N–H and O–H groups in total. The molecule has 0 radical (unpaired) electrons. The fourth-order valence-corrected chi connectivity index (χ4v) is 6.00. The van der Waals surface area contributed by atoms with Crippen LogP contribution in [0.2, 0.25) is 0 Å². The standard InChI is InChI=1S/C28H30FNO5S/c1-4-10-19-25(28(33)35-6-3)22(16-11-7-8-12-18(16)29)24-20(30-19)15-17(21-13-9-14-36-21)23(26(24)31)27(32)34-5-2/h7-9,11-14,17,22-23,30H,4-6,10,15H2,1-3H3/t17-,22-,23+/m0/s1. The van der Waals surface area contributed by atoms with Gasteiger partial charge in [0, 0.05) is 33.3 Å². The molecule has 1 aromatic heterocycles. The number of carbonyl (C=O) groups excluding carboxylic acids is 3. The van der Waals surface area contributed by atoms with Gasteiger partial charge in [0.15, 0.2) is 5.78 Å². The van der Waals surface area contributed by atoms with E-state index in [1.807, 2.05) is 24.4 Å². The molecule has 0 unspecified atom stereocenters. The van der Waals surface area contributed by atoms with Crippen molar-refractivity contribution in [3.8, 4) is 0 Å².